The van der Waals surface area contributed by atoms with Crippen molar-refractivity contribution < 1.29 is 18.4 Å². The molecule has 1 aliphatic rings. The number of pyridine rings is 1. The maximum absolute atomic E-state index is 11.1. The van der Waals surface area contributed by atoms with Crippen LogP contribution in [0.25, 0.3) is 5.52 Å². The molecule has 2 aromatic rings. The molecule has 1 fully saturated rings. The van der Waals surface area contributed by atoms with Crippen LogP contribution in [0.15, 0.2) is 22.8 Å². The van der Waals surface area contributed by atoms with Crippen LogP contribution >= 0.6 is 15.9 Å². The molecule has 2 N–H and O–H groups in total. The van der Waals surface area contributed by atoms with Crippen molar-refractivity contribution in [2.75, 3.05) is 0 Å². The predicted octanol–water partition coefficient (Wildman–Crippen LogP) is 2.09. The SMILES string of the molecule is O=C(O)c1cc[n+]2[se]c(C3(O)CCCCC3)c(Br)c2c1. The van der Waals surface area contributed by atoms with Crippen LogP contribution in [0.3, 0.4) is 0 Å². The van der Waals surface area contributed by atoms with Crippen LogP contribution in [0.4, 0.5) is 0 Å². The zero-order valence-electron chi connectivity index (χ0n) is 10.8. The summed E-state index contributed by atoms with van der Waals surface area (Å²) in [4.78, 5) is 11.1. The van der Waals surface area contributed by atoms with Crippen LogP contribution < -0.4 is 3.40 Å². The Hall–Kier alpha value is -0.681. The van der Waals surface area contributed by atoms with Crippen LogP contribution in [0.1, 0.15) is 46.9 Å². The van der Waals surface area contributed by atoms with E-state index in [0.717, 1.165) is 40.1 Å². The summed E-state index contributed by atoms with van der Waals surface area (Å²) >= 11 is 3.58. The van der Waals surface area contributed by atoms with Crippen molar-refractivity contribution in [2.45, 2.75) is 37.7 Å². The number of rotatable bonds is 2. The van der Waals surface area contributed by atoms with E-state index in [2.05, 4.69) is 15.9 Å². The van der Waals surface area contributed by atoms with Crippen molar-refractivity contribution in [2.24, 2.45) is 0 Å². The van der Waals surface area contributed by atoms with Gasteiger partial charge in [-0.2, -0.15) is 0 Å². The summed E-state index contributed by atoms with van der Waals surface area (Å²) in [6, 6.07) is 3.29. The number of halogens is 1. The Morgan fingerprint density at radius 1 is 1.35 bits per heavy atom. The van der Waals surface area contributed by atoms with Gasteiger partial charge in [-0.15, -0.1) is 0 Å². The molecule has 106 valence electrons. The van der Waals surface area contributed by atoms with E-state index in [0.29, 0.717) is 0 Å². The van der Waals surface area contributed by atoms with E-state index in [1.807, 2.05) is 3.40 Å². The molecule has 0 aromatic carbocycles. The zero-order chi connectivity index (χ0) is 14.3. The van der Waals surface area contributed by atoms with Gasteiger partial charge in [-0.1, -0.05) is 0 Å². The average molecular weight is 404 g/mol. The number of aromatic nitrogens is 1. The third-order valence-electron chi connectivity index (χ3n) is 3.88. The Kier molecular flexibility index (Phi) is 3.75. The summed E-state index contributed by atoms with van der Waals surface area (Å²) in [6.45, 7) is 0. The van der Waals surface area contributed by atoms with Gasteiger partial charge in [0.25, 0.3) is 0 Å². The molecule has 0 saturated heterocycles. The van der Waals surface area contributed by atoms with Crippen LogP contribution in [0.5, 0.6) is 0 Å². The van der Waals surface area contributed by atoms with E-state index >= 15 is 0 Å². The standard InChI is InChI=1S/C14H14BrNO3Se/c15-11-10-8-9(13(17)18)4-7-16(10)20-12(11)14(19)5-2-1-3-6-14/h4,7-8,19H,1-3,5-6H2/p+1. The third kappa shape index (κ3) is 2.35. The number of hydrogen-bond acceptors (Lipinski definition) is 2. The molecule has 3 rings (SSSR count). The summed E-state index contributed by atoms with van der Waals surface area (Å²) < 4.78 is 3.98. The van der Waals surface area contributed by atoms with Crippen molar-refractivity contribution in [3.8, 4) is 0 Å². The second-order valence-electron chi connectivity index (χ2n) is 5.26. The maximum atomic E-state index is 11.1. The minimum absolute atomic E-state index is 0.00269. The van der Waals surface area contributed by atoms with Crippen LogP contribution in [-0.2, 0) is 5.60 Å². The molecule has 0 bridgehead atoms. The van der Waals surface area contributed by atoms with Crippen molar-refractivity contribution in [3.05, 3.63) is 32.8 Å². The van der Waals surface area contributed by atoms with E-state index in [1.54, 1.807) is 18.3 Å². The number of carbonyl (C=O) groups is 1. The molecule has 0 atom stereocenters. The Balaban J connectivity index is 2.13. The van der Waals surface area contributed by atoms with Crippen LogP contribution in [0.2, 0.25) is 0 Å². The Labute approximate surface area is 131 Å². The van der Waals surface area contributed by atoms with Gasteiger partial charge in [0.2, 0.25) is 0 Å². The number of nitrogens with zero attached hydrogens (tertiary/aromatic N) is 1. The topological polar surface area (TPSA) is 61.6 Å². The number of aliphatic hydroxyl groups is 1. The molecule has 20 heavy (non-hydrogen) atoms. The molecule has 6 heteroatoms. The first-order valence-electron chi connectivity index (χ1n) is 6.62. The van der Waals surface area contributed by atoms with Gasteiger partial charge in [0.1, 0.15) is 0 Å². The number of hydrogen-bond donors (Lipinski definition) is 2. The first-order chi connectivity index (χ1) is 9.51. The quantitative estimate of drug-likeness (QED) is 0.754. The van der Waals surface area contributed by atoms with Crippen molar-refractivity contribution in [3.63, 3.8) is 0 Å². The fourth-order valence-electron chi connectivity index (χ4n) is 2.77. The number of fused-ring (bicyclic) bond motifs is 1. The molecule has 0 amide bonds. The second-order valence-corrected chi connectivity index (χ2v) is 8.12. The average Bonchev–Trinajstić information content (AvgIpc) is 2.77. The fourth-order valence-corrected chi connectivity index (χ4v) is 6.43. The van der Waals surface area contributed by atoms with Gasteiger partial charge in [0.05, 0.1) is 0 Å². The summed E-state index contributed by atoms with van der Waals surface area (Å²) in [7, 11) is 0. The summed E-state index contributed by atoms with van der Waals surface area (Å²) in [5.41, 5.74) is 0.423. The Morgan fingerprint density at radius 2 is 2.05 bits per heavy atom. The molecule has 1 aliphatic carbocycles. The molecule has 0 radical (unpaired) electrons. The van der Waals surface area contributed by atoms with E-state index < -0.39 is 11.6 Å². The first-order valence-corrected chi connectivity index (χ1v) is 9.03. The van der Waals surface area contributed by atoms with Crippen LogP contribution in [0, 0.1) is 0 Å². The molecule has 0 unspecified atom stereocenters. The molecule has 1 saturated carbocycles. The van der Waals surface area contributed by atoms with E-state index in [-0.39, 0.29) is 20.3 Å². The van der Waals surface area contributed by atoms with Gasteiger partial charge < -0.3 is 0 Å². The van der Waals surface area contributed by atoms with E-state index in [4.69, 9.17) is 5.11 Å². The fraction of sp³-hybridized carbons (Fsp3) is 0.429. The van der Waals surface area contributed by atoms with Gasteiger partial charge in [-0.25, -0.2) is 0 Å². The van der Waals surface area contributed by atoms with Crippen molar-refractivity contribution in [1.29, 1.82) is 0 Å². The van der Waals surface area contributed by atoms with E-state index in [9.17, 15) is 9.90 Å². The first kappa shape index (κ1) is 14.3. The van der Waals surface area contributed by atoms with Gasteiger partial charge in [0, 0.05) is 0 Å². The molecule has 0 aliphatic heterocycles. The normalized spacial score (nSPS) is 18.3. The number of aromatic carboxylic acids is 1. The predicted molar refractivity (Wildman–Crippen MR) is 78.2 cm³/mol. The van der Waals surface area contributed by atoms with Crippen molar-refractivity contribution in [1.82, 2.24) is 0 Å². The molecule has 2 aromatic heterocycles. The summed E-state index contributed by atoms with van der Waals surface area (Å²) in [6.07, 6.45) is 6.71. The van der Waals surface area contributed by atoms with Gasteiger partial charge >= 0.3 is 131 Å². The summed E-state index contributed by atoms with van der Waals surface area (Å²) in [5.74, 6) is -0.925. The Bertz CT molecular complexity index is 676. The van der Waals surface area contributed by atoms with Crippen molar-refractivity contribution >= 4 is 42.1 Å². The number of carboxylic acids is 1. The van der Waals surface area contributed by atoms with E-state index in [1.165, 1.54) is 6.42 Å². The molecular formula is C14H15BrNO3Se+. The third-order valence-corrected chi connectivity index (χ3v) is 7.97. The molecule has 0 spiro atoms. The Morgan fingerprint density at radius 3 is 2.70 bits per heavy atom. The summed E-state index contributed by atoms with van der Waals surface area (Å²) in [5, 5.41) is 20.0. The molecular weight excluding hydrogens is 389 g/mol. The zero-order valence-corrected chi connectivity index (χ0v) is 14.1. The monoisotopic (exact) mass is 404 g/mol. The minimum atomic E-state index is -0.925. The van der Waals surface area contributed by atoms with Gasteiger partial charge in [-0.3, -0.25) is 0 Å². The molecule has 4 nitrogen and oxygen atoms in total. The number of carboxylic acid groups (broad SMARTS) is 1. The van der Waals surface area contributed by atoms with Gasteiger partial charge in [0.15, 0.2) is 0 Å². The van der Waals surface area contributed by atoms with Crippen LogP contribution in [-0.4, -0.2) is 30.9 Å². The molecule has 2 heterocycles. The van der Waals surface area contributed by atoms with Gasteiger partial charge in [-0.05, 0) is 0 Å². The second kappa shape index (κ2) is 5.26.